The predicted octanol–water partition coefficient (Wildman–Crippen LogP) is 0.868. The molecular weight excluding hydrogens is 300 g/mol. The van der Waals surface area contributed by atoms with E-state index in [1.54, 1.807) is 12.1 Å². The fourth-order valence-electron chi connectivity index (χ4n) is 1.88. The Hall–Kier alpha value is -2.57. The lowest BCUT2D eigenvalue weighted by Gasteiger charge is -2.21. The minimum atomic E-state index is -0.710. The summed E-state index contributed by atoms with van der Waals surface area (Å²) in [5.41, 5.74) is 5.49. The molecule has 0 aliphatic rings. The van der Waals surface area contributed by atoms with Crippen molar-refractivity contribution in [3.8, 4) is 5.75 Å². The van der Waals surface area contributed by atoms with Gasteiger partial charge in [0.15, 0.2) is 6.61 Å². The molecule has 7 nitrogen and oxygen atoms in total. The molecule has 0 fully saturated rings. The number of amides is 2. The Labute approximate surface area is 135 Å². The molecule has 0 saturated carbocycles. The Bertz CT molecular complexity index is 556. The molecule has 1 aromatic rings. The largest absolute Gasteiger partial charge is 0.484 e. The van der Waals surface area contributed by atoms with Crippen molar-refractivity contribution in [2.45, 2.75) is 26.3 Å². The molecular formula is C16H22N2O5. The summed E-state index contributed by atoms with van der Waals surface area (Å²) in [5.74, 6) is -1.09. The Morgan fingerprint density at radius 2 is 1.83 bits per heavy atom. The maximum atomic E-state index is 11.9. The molecule has 1 rings (SSSR count). The van der Waals surface area contributed by atoms with E-state index in [2.05, 4.69) is 5.32 Å². The van der Waals surface area contributed by atoms with Crippen molar-refractivity contribution >= 4 is 17.8 Å². The highest BCUT2D eigenvalue weighted by Gasteiger charge is 2.26. The van der Waals surface area contributed by atoms with Gasteiger partial charge in [0.1, 0.15) is 11.8 Å². The van der Waals surface area contributed by atoms with Crippen molar-refractivity contribution in [2.75, 3.05) is 13.7 Å². The Morgan fingerprint density at radius 3 is 2.30 bits per heavy atom. The molecule has 0 aromatic heterocycles. The van der Waals surface area contributed by atoms with E-state index in [0.717, 1.165) is 6.42 Å². The zero-order valence-corrected chi connectivity index (χ0v) is 13.5. The normalized spacial score (nSPS) is 12.8. The minimum Gasteiger partial charge on any atom is -0.484 e. The third-order valence-electron chi connectivity index (χ3n) is 3.49. The van der Waals surface area contributed by atoms with Gasteiger partial charge in [-0.1, -0.05) is 20.3 Å². The number of rotatable bonds is 8. The lowest BCUT2D eigenvalue weighted by molar-refractivity contribution is -0.146. The number of ether oxygens (including phenoxy) is 2. The number of nitrogens with one attached hydrogen (secondary N) is 1. The van der Waals surface area contributed by atoms with E-state index < -0.39 is 23.8 Å². The first-order valence-electron chi connectivity index (χ1n) is 7.28. The molecule has 7 heteroatoms. The van der Waals surface area contributed by atoms with Crippen LogP contribution in [-0.2, 0) is 14.3 Å². The van der Waals surface area contributed by atoms with Crippen molar-refractivity contribution in [3.05, 3.63) is 29.8 Å². The smallest absolute Gasteiger partial charge is 0.328 e. The molecule has 0 radical (unpaired) electrons. The third-order valence-corrected chi connectivity index (χ3v) is 3.49. The van der Waals surface area contributed by atoms with Gasteiger partial charge in [-0.3, -0.25) is 9.59 Å². The van der Waals surface area contributed by atoms with E-state index in [-0.39, 0.29) is 12.5 Å². The number of benzene rings is 1. The number of primary amides is 1. The highest BCUT2D eigenvalue weighted by atomic mass is 16.5. The van der Waals surface area contributed by atoms with Crippen LogP contribution in [0.5, 0.6) is 5.75 Å². The zero-order valence-electron chi connectivity index (χ0n) is 13.5. The van der Waals surface area contributed by atoms with Gasteiger partial charge in [0.25, 0.3) is 5.91 Å². The first-order valence-corrected chi connectivity index (χ1v) is 7.28. The van der Waals surface area contributed by atoms with Gasteiger partial charge in [-0.2, -0.15) is 0 Å². The number of esters is 1. The van der Waals surface area contributed by atoms with Gasteiger partial charge in [0.05, 0.1) is 7.11 Å². The topological polar surface area (TPSA) is 108 Å². The summed E-state index contributed by atoms with van der Waals surface area (Å²) >= 11 is 0. The minimum absolute atomic E-state index is 0.0544. The summed E-state index contributed by atoms with van der Waals surface area (Å²) in [6.07, 6.45) is 0.718. The monoisotopic (exact) mass is 322 g/mol. The van der Waals surface area contributed by atoms with Gasteiger partial charge >= 0.3 is 5.97 Å². The highest BCUT2D eigenvalue weighted by Crippen LogP contribution is 2.12. The fraction of sp³-hybridized carbons (Fsp3) is 0.438. The molecule has 3 N–H and O–H groups in total. The lowest BCUT2D eigenvalue weighted by atomic mass is 9.99. The van der Waals surface area contributed by atoms with Crippen LogP contribution in [-0.4, -0.2) is 37.5 Å². The van der Waals surface area contributed by atoms with E-state index in [4.69, 9.17) is 15.2 Å². The highest BCUT2D eigenvalue weighted by molar-refractivity contribution is 5.92. The number of carbonyl (C=O) groups is 3. The van der Waals surface area contributed by atoms with Crippen LogP contribution in [0.25, 0.3) is 0 Å². The van der Waals surface area contributed by atoms with Gasteiger partial charge in [0.2, 0.25) is 5.91 Å². The van der Waals surface area contributed by atoms with Crippen LogP contribution in [0.2, 0.25) is 0 Å². The maximum absolute atomic E-state index is 11.9. The molecule has 0 saturated heterocycles. The quantitative estimate of drug-likeness (QED) is 0.690. The second-order valence-corrected chi connectivity index (χ2v) is 5.13. The average Bonchev–Trinajstić information content (AvgIpc) is 2.56. The van der Waals surface area contributed by atoms with Gasteiger partial charge < -0.3 is 20.5 Å². The van der Waals surface area contributed by atoms with Crippen LogP contribution in [0.1, 0.15) is 30.6 Å². The fourth-order valence-corrected chi connectivity index (χ4v) is 1.88. The van der Waals surface area contributed by atoms with Crippen LogP contribution in [0.4, 0.5) is 0 Å². The standard InChI is InChI=1S/C16H22N2O5/c1-4-10(2)14(16(21)22-3)18-13(19)9-23-12-7-5-11(6-8-12)15(17)20/h5-8,10,14H,4,9H2,1-3H3,(H2,17,20)(H,18,19)/t10-,14-/m0/s1. The first-order chi connectivity index (χ1) is 10.9. The van der Waals surface area contributed by atoms with Crippen molar-refractivity contribution < 1.29 is 23.9 Å². The lowest BCUT2D eigenvalue weighted by Crippen LogP contribution is -2.47. The Balaban J connectivity index is 2.58. The number of nitrogens with two attached hydrogens (primary N) is 1. The molecule has 0 bridgehead atoms. The average molecular weight is 322 g/mol. The second kappa shape index (κ2) is 8.77. The SMILES string of the molecule is CC[C@H](C)[C@H](NC(=O)COc1ccc(C(N)=O)cc1)C(=O)OC. The molecule has 23 heavy (non-hydrogen) atoms. The Morgan fingerprint density at radius 1 is 1.22 bits per heavy atom. The summed E-state index contributed by atoms with van der Waals surface area (Å²) in [6, 6.07) is 5.38. The van der Waals surface area contributed by atoms with E-state index in [1.807, 2.05) is 13.8 Å². The molecule has 0 unspecified atom stereocenters. The van der Waals surface area contributed by atoms with Crippen molar-refractivity contribution in [3.63, 3.8) is 0 Å². The number of carbonyl (C=O) groups excluding carboxylic acids is 3. The van der Waals surface area contributed by atoms with Crippen molar-refractivity contribution in [1.29, 1.82) is 0 Å². The summed E-state index contributed by atoms with van der Waals surface area (Å²) < 4.78 is 10.0. The van der Waals surface area contributed by atoms with Crippen LogP contribution >= 0.6 is 0 Å². The van der Waals surface area contributed by atoms with Gasteiger partial charge in [-0.05, 0) is 30.2 Å². The molecule has 1 aromatic carbocycles. The summed E-state index contributed by atoms with van der Waals surface area (Å²) in [5, 5.41) is 2.61. The van der Waals surface area contributed by atoms with Gasteiger partial charge in [-0.25, -0.2) is 4.79 Å². The second-order valence-electron chi connectivity index (χ2n) is 5.13. The molecule has 0 aliphatic carbocycles. The maximum Gasteiger partial charge on any atom is 0.328 e. The number of hydrogen-bond acceptors (Lipinski definition) is 5. The summed E-state index contributed by atoms with van der Waals surface area (Å²) in [7, 11) is 1.28. The van der Waals surface area contributed by atoms with Gasteiger partial charge in [0, 0.05) is 5.56 Å². The van der Waals surface area contributed by atoms with Gasteiger partial charge in [-0.15, -0.1) is 0 Å². The third kappa shape index (κ3) is 5.61. The molecule has 2 amide bonds. The first kappa shape index (κ1) is 18.5. The van der Waals surface area contributed by atoms with E-state index in [0.29, 0.717) is 11.3 Å². The van der Waals surface area contributed by atoms with Crippen molar-refractivity contribution in [2.24, 2.45) is 11.7 Å². The van der Waals surface area contributed by atoms with Crippen LogP contribution in [0.3, 0.4) is 0 Å². The molecule has 0 heterocycles. The molecule has 0 spiro atoms. The predicted molar refractivity (Wildman–Crippen MR) is 83.9 cm³/mol. The van der Waals surface area contributed by atoms with Crippen LogP contribution in [0, 0.1) is 5.92 Å². The van der Waals surface area contributed by atoms with Crippen LogP contribution in [0.15, 0.2) is 24.3 Å². The van der Waals surface area contributed by atoms with E-state index in [1.165, 1.54) is 19.2 Å². The molecule has 2 atom stereocenters. The summed E-state index contributed by atoms with van der Waals surface area (Å²) in [6.45, 7) is 3.52. The summed E-state index contributed by atoms with van der Waals surface area (Å²) in [4.78, 5) is 34.6. The Kier molecular flexibility index (Phi) is 7.05. The van der Waals surface area contributed by atoms with Crippen molar-refractivity contribution in [1.82, 2.24) is 5.32 Å². The zero-order chi connectivity index (χ0) is 17.4. The van der Waals surface area contributed by atoms with E-state index >= 15 is 0 Å². The number of methoxy groups -OCH3 is 1. The number of hydrogen-bond donors (Lipinski definition) is 2. The molecule has 0 aliphatic heterocycles. The molecule has 126 valence electrons. The van der Waals surface area contributed by atoms with E-state index in [9.17, 15) is 14.4 Å². The van der Waals surface area contributed by atoms with Crippen LogP contribution < -0.4 is 15.8 Å².